The van der Waals surface area contributed by atoms with Crippen LogP contribution >= 0.6 is 46.1 Å². The molecule has 10 heteroatoms. The minimum Gasteiger partial charge on any atom is -0.323 e. The molecule has 1 saturated heterocycles. The molecule has 1 fully saturated rings. The van der Waals surface area contributed by atoms with Crippen LogP contribution in [0.25, 0.3) is 0 Å². The molecule has 1 amide bonds. The fourth-order valence-corrected chi connectivity index (χ4v) is 6.42. The zero-order valence-electron chi connectivity index (χ0n) is 13.4. The fourth-order valence-electron chi connectivity index (χ4n) is 2.82. The number of amides is 1. The average molecular weight is 454 g/mol. The second-order valence-electron chi connectivity index (χ2n) is 5.80. The number of halogens is 3. The molecule has 26 heavy (non-hydrogen) atoms. The normalized spacial score (nSPS) is 18.7. The maximum atomic E-state index is 12.9. The summed E-state index contributed by atoms with van der Waals surface area (Å²) in [6.45, 7) is 0.277. The molecular weight excluding hydrogens is 439 g/mol. The predicted molar refractivity (Wildman–Crippen MR) is 106 cm³/mol. The van der Waals surface area contributed by atoms with Crippen LogP contribution in [-0.4, -0.2) is 31.2 Å². The smallest absolute Gasteiger partial charge is 0.253 e. The first-order chi connectivity index (χ1) is 12.3. The SMILES string of the molecule is O=C(Nc1cc(Cl)ccc1Cl)[C@@H]1CCCCN1S(=O)(=O)c1ccc(Cl)s1. The second kappa shape index (κ2) is 8.04. The van der Waals surface area contributed by atoms with E-state index in [0.717, 1.165) is 17.8 Å². The summed E-state index contributed by atoms with van der Waals surface area (Å²) in [6.07, 6.45) is 1.89. The highest BCUT2D eigenvalue weighted by molar-refractivity contribution is 7.91. The number of hydrogen-bond donors (Lipinski definition) is 1. The minimum absolute atomic E-state index is 0.128. The Morgan fingerprint density at radius 2 is 1.92 bits per heavy atom. The van der Waals surface area contributed by atoms with Crippen molar-refractivity contribution in [3.63, 3.8) is 0 Å². The van der Waals surface area contributed by atoms with Gasteiger partial charge in [0.05, 0.1) is 15.0 Å². The molecule has 5 nitrogen and oxygen atoms in total. The number of nitrogens with one attached hydrogen (secondary N) is 1. The van der Waals surface area contributed by atoms with Crippen molar-refractivity contribution in [2.24, 2.45) is 0 Å². The lowest BCUT2D eigenvalue weighted by Gasteiger charge is -2.33. The Bertz CT molecular complexity index is 931. The van der Waals surface area contributed by atoms with Crippen molar-refractivity contribution >= 4 is 67.8 Å². The standard InChI is InChI=1S/C16H15Cl3N2O3S2/c17-10-4-5-11(18)12(9-10)20-16(22)13-3-1-2-8-21(13)26(23,24)15-7-6-14(19)25-15/h4-7,9,13H,1-3,8H2,(H,20,22)/t13-/m0/s1. The van der Waals surface area contributed by atoms with Gasteiger partial charge in [0, 0.05) is 11.6 Å². The van der Waals surface area contributed by atoms with Crippen LogP contribution in [0.1, 0.15) is 19.3 Å². The summed E-state index contributed by atoms with van der Waals surface area (Å²) in [6, 6.07) is 6.89. The molecule has 3 rings (SSSR count). The maximum absolute atomic E-state index is 12.9. The van der Waals surface area contributed by atoms with Crippen molar-refractivity contribution in [3.05, 3.63) is 44.7 Å². The van der Waals surface area contributed by atoms with Gasteiger partial charge in [0.15, 0.2) is 0 Å². The monoisotopic (exact) mass is 452 g/mol. The number of hydrogen-bond acceptors (Lipinski definition) is 4. The van der Waals surface area contributed by atoms with Gasteiger partial charge in [-0.3, -0.25) is 4.79 Å². The van der Waals surface area contributed by atoms with Gasteiger partial charge in [-0.05, 0) is 43.2 Å². The Morgan fingerprint density at radius 1 is 1.15 bits per heavy atom. The lowest BCUT2D eigenvalue weighted by Crippen LogP contribution is -2.49. The number of nitrogens with zero attached hydrogens (tertiary/aromatic N) is 1. The van der Waals surface area contributed by atoms with E-state index in [1.165, 1.54) is 22.5 Å². The van der Waals surface area contributed by atoms with E-state index in [1.54, 1.807) is 12.1 Å². The number of anilines is 1. The molecule has 0 radical (unpaired) electrons. The van der Waals surface area contributed by atoms with Gasteiger partial charge in [0.25, 0.3) is 10.0 Å². The Morgan fingerprint density at radius 3 is 2.62 bits per heavy atom. The van der Waals surface area contributed by atoms with Crippen LogP contribution in [0.4, 0.5) is 5.69 Å². The van der Waals surface area contributed by atoms with E-state index in [9.17, 15) is 13.2 Å². The third kappa shape index (κ3) is 4.18. The molecule has 2 heterocycles. The first-order valence-electron chi connectivity index (χ1n) is 7.82. The Hall–Kier alpha value is -0.830. The topological polar surface area (TPSA) is 66.5 Å². The van der Waals surface area contributed by atoms with Crippen LogP contribution in [0.3, 0.4) is 0 Å². The summed E-state index contributed by atoms with van der Waals surface area (Å²) in [5.41, 5.74) is 0.353. The minimum atomic E-state index is -3.80. The predicted octanol–water partition coefficient (Wildman–Crippen LogP) is 4.89. The van der Waals surface area contributed by atoms with Crippen molar-refractivity contribution in [1.82, 2.24) is 4.31 Å². The number of sulfonamides is 1. The maximum Gasteiger partial charge on any atom is 0.253 e. The molecule has 1 aliphatic rings. The van der Waals surface area contributed by atoms with Gasteiger partial charge in [0.2, 0.25) is 5.91 Å². The molecule has 1 aromatic carbocycles. The van der Waals surface area contributed by atoms with Crippen molar-refractivity contribution in [2.45, 2.75) is 29.5 Å². The van der Waals surface area contributed by atoms with E-state index in [0.29, 0.717) is 32.9 Å². The van der Waals surface area contributed by atoms with E-state index in [4.69, 9.17) is 34.8 Å². The summed E-state index contributed by atoms with van der Waals surface area (Å²) in [7, 11) is -3.80. The highest BCUT2D eigenvalue weighted by atomic mass is 35.5. The molecule has 0 aliphatic carbocycles. The summed E-state index contributed by atoms with van der Waals surface area (Å²) < 4.78 is 27.6. The average Bonchev–Trinajstić information content (AvgIpc) is 3.05. The summed E-state index contributed by atoms with van der Waals surface area (Å²) in [5.74, 6) is -0.430. The number of carbonyl (C=O) groups is 1. The molecule has 1 aliphatic heterocycles. The van der Waals surface area contributed by atoms with Crippen LogP contribution in [0.2, 0.25) is 14.4 Å². The fraction of sp³-hybridized carbons (Fsp3) is 0.312. The van der Waals surface area contributed by atoms with Gasteiger partial charge in [0.1, 0.15) is 10.3 Å². The Kier molecular flexibility index (Phi) is 6.16. The number of benzene rings is 1. The highest BCUT2D eigenvalue weighted by Gasteiger charge is 2.38. The molecule has 1 atom stereocenters. The number of piperidine rings is 1. The molecular formula is C16H15Cl3N2O3S2. The summed E-state index contributed by atoms with van der Waals surface area (Å²) in [5, 5.41) is 3.45. The van der Waals surface area contributed by atoms with Crippen molar-refractivity contribution in [1.29, 1.82) is 0 Å². The highest BCUT2D eigenvalue weighted by Crippen LogP contribution is 2.32. The van der Waals surface area contributed by atoms with Gasteiger partial charge in [-0.2, -0.15) is 4.31 Å². The number of carbonyl (C=O) groups excluding carboxylic acids is 1. The van der Waals surface area contributed by atoms with Crippen LogP contribution in [0.5, 0.6) is 0 Å². The van der Waals surface area contributed by atoms with Gasteiger partial charge in [-0.25, -0.2) is 8.42 Å². The van der Waals surface area contributed by atoms with Crippen LogP contribution in [0, 0.1) is 0 Å². The van der Waals surface area contributed by atoms with Crippen LogP contribution in [-0.2, 0) is 14.8 Å². The lowest BCUT2D eigenvalue weighted by molar-refractivity contribution is -0.120. The molecule has 1 N–H and O–H groups in total. The Balaban J connectivity index is 1.87. The summed E-state index contributed by atoms with van der Waals surface area (Å²) >= 11 is 18.9. The molecule has 2 aromatic rings. The van der Waals surface area contributed by atoms with Crippen molar-refractivity contribution in [3.8, 4) is 0 Å². The Labute approximate surface area is 170 Å². The third-order valence-corrected chi connectivity index (χ3v) is 8.23. The molecule has 0 bridgehead atoms. The number of rotatable bonds is 4. The zero-order valence-corrected chi connectivity index (χ0v) is 17.3. The van der Waals surface area contributed by atoms with E-state index >= 15 is 0 Å². The van der Waals surface area contributed by atoms with Crippen LogP contribution < -0.4 is 5.32 Å². The van der Waals surface area contributed by atoms with E-state index < -0.39 is 22.0 Å². The van der Waals surface area contributed by atoms with E-state index in [2.05, 4.69) is 5.32 Å². The number of thiophene rings is 1. The molecule has 1 aromatic heterocycles. The van der Waals surface area contributed by atoms with Crippen molar-refractivity contribution < 1.29 is 13.2 Å². The van der Waals surface area contributed by atoms with Gasteiger partial charge >= 0.3 is 0 Å². The van der Waals surface area contributed by atoms with E-state index in [1.807, 2.05) is 0 Å². The first kappa shape index (κ1) is 19.9. The lowest BCUT2D eigenvalue weighted by atomic mass is 10.0. The second-order valence-corrected chi connectivity index (χ2v) is 10.5. The zero-order chi connectivity index (χ0) is 18.9. The summed E-state index contributed by atoms with van der Waals surface area (Å²) in [4.78, 5) is 12.8. The van der Waals surface area contributed by atoms with Gasteiger partial charge in [-0.15, -0.1) is 11.3 Å². The first-order valence-corrected chi connectivity index (χ1v) is 11.2. The van der Waals surface area contributed by atoms with Crippen molar-refractivity contribution in [2.75, 3.05) is 11.9 Å². The van der Waals surface area contributed by atoms with Gasteiger partial charge < -0.3 is 5.32 Å². The molecule has 0 spiro atoms. The van der Waals surface area contributed by atoms with Crippen LogP contribution in [0.15, 0.2) is 34.5 Å². The van der Waals surface area contributed by atoms with Gasteiger partial charge in [-0.1, -0.05) is 41.2 Å². The molecule has 0 unspecified atom stereocenters. The van der Waals surface area contributed by atoms with E-state index in [-0.39, 0.29) is 10.8 Å². The molecule has 0 saturated carbocycles. The largest absolute Gasteiger partial charge is 0.323 e. The quantitative estimate of drug-likeness (QED) is 0.716. The molecule has 140 valence electrons. The third-order valence-electron chi connectivity index (χ3n) is 4.05.